The summed E-state index contributed by atoms with van der Waals surface area (Å²) in [7, 11) is 1.96. The van der Waals surface area contributed by atoms with Crippen molar-refractivity contribution in [1.82, 2.24) is 15.1 Å². The molecule has 1 aromatic heterocycles. The smallest absolute Gasteiger partial charge is 0.0841 e. The van der Waals surface area contributed by atoms with Crippen LogP contribution < -0.4 is 5.32 Å². The number of hydrogen-bond donors (Lipinski definition) is 1. The number of nitrogens with one attached hydrogen (secondary N) is 1. The van der Waals surface area contributed by atoms with Crippen LogP contribution in [-0.2, 0) is 13.1 Å². The molecule has 0 saturated heterocycles. The van der Waals surface area contributed by atoms with Gasteiger partial charge in [-0.15, -0.1) is 0 Å². The number of fused-ring (bicyclic) bond motifs is 1. The number of nitrogens with zero attached hydrogens (tertiary/aromatic N) is 2. The van der Waals surface area contributed by atoms with Gasteiger partial charge in [-0.05, 0) is 24.9 Å². The molecule has 0 aliphatic carbocycles. The molecule has 0 saturated carbocycles. The minimum atomic E-state index is 0.343. The monoisotopic (exact) mass is 245 g/mol. The topological polar surface area (TPSA) is 29.9 Å². The van der Waals surface area contributed by atoms with Crippen molar-refractivity contribution >= 4 is 10.9 Å². The van der Waals surface area contributed by atoms with Crippen LogP contribution in [0.4, 0.5) is 0 Å². The average Bonchev–Trinajstić information content (AvgIpc) is 2.65. The van der Waals surface area contributed by atoms with Gasteiger partial charge in [-0.2, -0.15) is 5.10 Å². The van der Waals surface area contributed by atoms with Gasteiger partial charge in [-0.1, -0.05) is 39.0 Å². The predicted octanol–water partition coefficient (Wildman–Crippen LogP) is 3.19. The van der Waals surface area contributed by atoms with E-state index >= 15 is 0 Å². The largest absolute Gasteiger partial charge is 0.314 e. The number of aromatic nitrogens is 2. The van der Waals surface area contributed by atoms with Crippen molar-refractivity contribution in [2.75, 3.05) is 7.05 Å². The minimum absolute atomic E-state index is 0.343. The first-order valence-corrected chi connectivity index (χ1v) is 6.60. The van der Waals surface area contributed by atoms with Gasteiger partial charge >= 0.3 is 0 Å². The van der Waals surface area contributed by atoms with Crippen LogP contribution in [0, 0.1) is 5.41 Å². The van der Waals surface area contributed by atoms with Crippen molar-refractivity contribution in [3.05, 3.63) is 30.0 Å². The van der Waals surface area contributed by atoms with Gasteiger partial charge in [-0.3, -0.25) is 4.68 Å². The number of benzene rings is 1. The van der Waals surface area contributed by atoms with Gasteiger partial charge < -0.3 is 5.32 Å². The van der Waals surface area contributed by atoms with E-state index in [0.29, 0.717) is 5.41 Å². The summed E-state index contributed by atoms with van der Waals surface area (Å²) in [4.78, 5) is 0. The predicted molar refractivity (Wildman–Crippen MR) is 76.6 cm³/mol. The summed E-state index contributed by atoms with van der Waals surface area (Å²) in [5.74, 6) is 0. The lowest BCUT2D eigenvalue weighted by Crippen LogP contribution is -2.12. The van der Waals surface area contributed by atoms with Crippen LogP contribution in [0.3, 0.4) is 0 Å². The van der Waals surface area contributed by atoms with Crippen molar-refractivity contribution in [2.45, 2.75) is 40.3 Å². The summed E-state index contributed by atoms with van der Waals surface area (Å²) in [6.45, 7) is 8.62. The van der Waals surface area contributed by atoms with E-state index in [0.717, 1.165) is 25.2 Å². The molecule has 1 heterocycles. The molecule has 0 aliphatic heterocycles. The Morgan fingerprint density at radius 2 is 1.94 bits per heavy atom. The molecule has 0 atom stereocenters. The molecule has 0 radical (unpaired) electrons. The first-order chi connectivity index (χ1) is 8.51. The van der Waals surface area contributed by atoms with Gasteiger partial charge in [0.2, 0.25) is 0 Å². The lowest BCUT2D eigenvalue weighted by molar-refractivity contribution is 0.343. The lowest BCUT2D eigenvalue weighted by atomic mass is 9.92. The zero-order valence-electron chi connectivity index (χ0n) is 11.8. The third-order valence-corrected chi connectivity index (χ3v) is 3.15. The van der Waals surface area contributed by atoms with Crippen LogP contribution in [0.5, 0.6) is 0 Å². The summed E-state index contributed by atoms with van der Waals surface area (Å²) in [6, 6.07) is 8.48. The number of hydrogen-bond acceptors (Lipinski definition) is 2. The molecular formula is C15H23N3. The van der Waals surface area contributed by atoms with Crippen LogP contribution in [0.2, 0.25) is 0 Å². The van der Waals surface area contributed by atoms with Crippen molar-refractivity contribution in [3.8, 4) is 0 Å². The van der Waals surface area contributed by atoms with Crippen molar-refractivity contribution in [3.63, 3.8) is 0 Å². The highest BCUT2D eigenvalue weighted by Gasteiger charge is 2.13. The van der Waals surface area contributed by atoms with Crippen molar-refractivity contribution in [2.24, 2.45) is 5.41 Å². The minimum Gasteiger partial charge on any atom is -0.314 e. The molecule has 3 nitrogen and oxygen atoms in total. The highest BCUT2D eigenvalue weighted by atomic mass is 15.3. The lowest BCUT2D eigenvalue weighted by Gasteiger charge is -2.17. The molecule has 3 heteroatoms. The first kappa shape index (κ1) is 13.1. The van der Waals surface area contributed by atoms with E-state index in [4.69, 9.17) is 5.10 Å². The highest BCUT2D eigenvalue weighted by molar-refractivity contribution is 5.81. The molecule has 0 aliphatic rings. The summed E-state index contributed by atoms with van der Waals surface area (Å²) < 4.78 is 2.15. The molecule has 1 aromatic carbocycles. The molecule has 0 fully saturated rings. The van der Waals surface area contributed by atoms with Crippen LogP contribution in [-0.4, -0.2) is 16.8 Å². The van der Waals surface area contributed by atoms with Gasteiger partial charge in [0, 0.05) is 18.5 Å². The number of para-hydroxylation sites is 1. The average molecular weight is 245 g/mol. The highest BCUT2D eigenvalue weighted by Crippen LogP contribution is 2.23. The summed E-state index contributed by atoms with van der Waals surface area (Å²) in [5.41, 5.74) is 2.73. The second-order valence-electron chi connectivity index (χ2n) is 6.03. The standard InChI is InChI=1S/C15H23N3/c1-15(2,3)9-10-18-14-8-6-5-7-12(14)13(17-18)11-16-4/h5-8,16H,9-11H2,1-4H3. The van der Waals surface area contributed by atoms with Gasteiger partial charge in [0.05, 0.1) is 11.2 Å². The van der Waals surface area contributed by atoms with Crippen LogP contribution in [0.25, 0.3) is 10.9 Å². The second-order valence-corrected chi connectivity index (χ2v) is 6.03. The van der Waals surface area contributed by atoms with Gasteiger partial charge in [0.1, 0.15) is 0 Å². The zero-order valence-corrected chi connectivity index (χ0v) is 11.8. The maximum Gasteiger partial charge on any atom is 0.0841 e. The van der Waals surface area contributed by atoms with Crippen LogP contribution in [0.15, 0.2) is 24.3 Å². The second kappa shape index (κ2) is 5.11. The van der Waals surface area contributed by atoms with Crippen LogP contribution >= 0.6 is 0 Å². The summed E-state index contributed by atoms with van der Waals surface area (Å²) >= 11 is 0. The van der Waals surface area contributed by atoms with E-state index in [2.05, 4.69) is 55.0 Å². The van der Waals surface area contributed by atoms with E-state index < -0.39 is 0 Å². The third-order valence-electron chi connectivity index (χ3n) is 3.15. The zero-order chi connectivity index (χ0) is 13.2. The summed E-state index contributed by atoms with van der Waals surface area (Å²) in [6.07, 6.45) is 1.14. The van der Waals surface area contributed by atoms with Gasteiger partial charge in [0.15, 0.2) is 0 Å². The fraction of sp³-hybridized carbons (Fsp3) is 0.533. The Labute approximate surface area is 109 Å². The van der Waals surface area contributed by atoms with Crippen LogP contribution in [0.1, 0.15) is 32.9 Å². The Balaban J connectivity index is 2.32. The molecular weight excluding hydrogens is 222 g/mol. The molecule has 0 unspecified atom stereocenters. The van der Waals surface area contributed by atoms with Gasteiger partial charge in [-0.25, -0.2) is 0 Å². The van der Waals surface area contributed by atoms with Gasteiger partial charge in [0.25, 0.3) is 0 Å². The molecule has 18 heavy (non-hydrogen) atoms. The molecule has 0 amide bonds. The van der Waals surface area contributed by atoms with Crippen molar-refractivity contribution < 1.29 is 0 Å². The Hall–Kier alpha value is -1.35. The molecule has 1 N–H and O–H groups in total. The molecule has 2 aromatic rings. The molecule has 0 bridgehead atoms. The molecule has 98 valence electrons. The Bertz CT molecular complexity index is 520. The summed E-state index contributed by atoms with van der Waals surface area (Å²) in [5, 5.41) is 9.19. The Morgan fingerprint density at radius 1 is 1.22 bits per heavy atom. The maximum absolute atomic E-state index is 4.74. The van der Waals surface area contributed by atoms with Crippen molar-refractivity contribution in [1.29, 1.82) is 0 Å². The molecule has 2 rings (SSSR count). The van der Waals surface area contributed by atoms with E-state index in [1.54, 1.807) is 0 Å². The van der Waals surface area contributed by atoms with E-state index in [-0.39, 0.29) is 0 Å². The van der Waals surface area contributed by atoms with E-state index in [9.17, 15) is 0 Å². The van der Waals surface area contributed by atoms with E-state index in [1.165, 1.54) is 10.9 Å². The quantitative estimate of drug-likeness (QED) is 0.896. The first-order valence-electron chi connectivity index (χ1n) is 6.60. The SMILES string of the molecule is CNCc1nn(CCC(C)(C)C)c2ccccc12. The Morgan fingerprint density at radius 3 is 2.61 bits per heavy atom. The number of aryl methyl sites for hydroxylation is 1. The fourth-order valence-corrected chi connectivity index (χ4v) is 2.11. The normalized spacial score (nSPS) is 12.2. The van der Waals surface area contributed by atoms with E-state index in [1.807, 2.05) is 7.05 Å². The maximum atomic E-state index is 4.74. The Kier molecular flexibility index (Phi) is 3.71. The third kappa shape index (κ3) is 2.91. The number of rotatable bonds is 4. The molecule has 0 spiro atoms. The fourth-order valence-electron chi connectivity index (χ4n) is 2.11.